The fourth-order valence-corrected chi connectivity index (χ4v) is 3.39. The van der Waals surface area contributed by atoms with E-state index in [1.54, 1.807) is 0 Å². The van der Waals surface area contributed by atoms with Crippen LogP contribution >= 0.6 is 11.6 Å². The first-order chi connectivity index (χ1) is 7.87. The molecule has 0 radical (unpaired) electrons. The van der Waals surface area contributed by atoms with Gasteiger partial charge < -0.3 is 5.32 Å². The molecule has 0 aliphatic heterocycles. The second-order valence-electron chi connectivity index (χ2n) is 5.51. The van der Waals surface area contributed by atoms with Crippen molar-refractivity contribution in [1.82, 2.24) is 5.32 Å². The number of alkyl halides is 1. The zero-order valence-corrected chi connectivity index (χ0v) is 12.4. The molecule has 1 rings (SSSR count). The van der Waals surface area contributed by atoms with Crippen LogP contribution in [0, 0.1) is 5.92 Å². The molecule has 0 bridgehead atoms. The molecule has 0 aromatic carbocycles. The van der Waals surface area contributed by atoms with Gasteiger partial charge in [-0.15, -0.1) is 11.6 Å². The molecule has 0 saturated heterocycles. The van der Waals surface area contributed by atoms with Crippen molar-refractivity contribution in [2.75, 3.05) is 24.4 Å². The summed E-state index contributed by atoms with van der Waals surface area (Å²) in [7, 11) is -2.84. The van der Waals surface area contributed by atoms with E-state index >= 15 is 0 Å². The maximum atomic E-state index is 11.0. The van der Waals surface area contributed by atoms with E-state index in [0.29, 0.717) is 12.3 Å². The van der Waals surface area contributed by atoms with Gasteiger partial charge in [0.05, 0.1) is 5.75 Å². The van der Waals surface area contributed by atoms with Gasteiger partial charge in [-0.3, -0.25) is 0 Å². The van der Waals surface area contributed by atoms with Gasteiger partial charge in [0.1, 0.15) is 9.84 Å². The maximum absolute atomic E-state index is 11.0. The molecule has 17 heavy (non-hydrogen) atoms. The van der Waals surface area contributed by atoms with Gasteiger partial charge in [-0.25, -0.2) is 8.42 Å². The Morgan fingerprint density at radius 3 is 2.41 bits per heavy atom. The van der Waals surface area contributed by atoms with Crippen LogP contribution in [0.2, 0.25) is 0 Å². The Kier molecular flexibility index (Phi) is 5.74. The molecule has 102 valence electrons. The lowest BCUT2D eigenvalue weighted by Gasteiger charge is -2.39. The standard InChI is InChI=1S/C12H24ClNO2S/c1-11-4-6-12(10-13,7-5-11)14-8-3-9-17(2,15)16/h11,14H,3-10H2,1-2H3. The highest BCUT2D eigenvalue weighted by Gasteiger charge is 2.32. The molecule has 0 amide bonds. The van der Waals surface area contributed by atoms with Crippen LogP contribution in [0.3, 0.4) is 0 Å². The number of halogens is 1. The molecule has 1 saturated carbocycles. The van der Waals surface area contributed by atoms with Crippen molar-refractivity contribution in [3.63, 3.8) is 0 Å². The molecule has 0 aromatic heterocycles. The summed E-state index contributed by atoms with van der Waals surface area (Å²) in [6.45, 7) is 3.02. The van der Waals surface area contributed by atoms with E-state index in [2.05, 4.69) is 12.2 Å². The minimum absolute atomic E-state index is 0.0472. The predicted molar refractivity (Wildman–Crippen MR) is 73.4 cm³/mol. The van der Waals surface area contributed by atoms with E-state index < -0.39 is 9.84 Å². The first-order valence-electron chi connectivity index (χ1n) is 6.36. The van der Waals surface area contributed by atoms with Crippen LogP contribution in [0.5, 0.6) is 0 Å². The molecule has 5 heteroatoms. The Balaban J connectivity index is 2.32. The van der Waals surface area contributed by atoms with Crippen LogP contribution in [-0.4, -0.2) is 38.4 Å². The lowest BCUT2D eigenvalue weighted by Crippen LogP contribution is -2.50. The second-order valence-corrected chi connectivity index (χ2v) is 8.03. The van der Waals surface area contributed by atoms with Gasteiger partial charge in [0, 0.05) is 17.7 Å². The average molecular weight is 282 g/mol. The van der Waals surface area contributed by atoms with Gasteiger partial charge in [-0.1, -0.05) is 6.92 Å². The molecule has 3 nitrogen and oxygen atoms in total. The summed E-state index contributed by atoms with van der Waals surface area (Å²) >= 11 is 6.07. The van der Waals surface area contributed by atoms with Crippen LogP contribution in [0.15, 0.2) is 0 Å². The Morgan fingerprint density at radius 2 is 1.94 bits per heavy atom. The van der Waals surface area contributed by atoms with Gasteiger partial charge in [-0.05, 0) is 44.6 Å². The topological polar surface area (TPSA) is 46.2 Å². The summed E-state index contributed by atoms with van der Waals surface area (Å²) < 4.78 is 22.0. The maximum Gasteiger partial charge on any atom is 0.147 e. The Hall–Kier alpha value is 0.200. The Labute approximate surface area is 110 Å². The van der Waals surface area contributed by atoms with Crippen molar-refractivity contribution in [3.05, 3.63) is 0 Å². The smallest absolute Gasteiger partial charge is 0.147 e. The van der Waals surface area contributed by atoms with E-state index in [4.69, 9.17) is 11.6 Å². The van der Waals surface area contributed by atoms with Gasteiger partial charge in [0.2, 0.25) is 0 Å². The minimum atomic E-state index is -2.84. The zero-order chi connectivity index (χ0) is 12.9. The van der Waals surface area contributed by atoms with E-state index in [-0.39, 0.29) is 11.3 Å². The average Bonchev–Trinajstić information content (AvgIpc) is 2.26. The van der Waals surface area contributed by atoms with Crippen molar-refractivity contribution in [3.8, 4) is 0 Å². The summed E-state index contributed by atoms with van der Waals surface area (Å²) in [6.07, 6.45) is 6.60. The molecular formula is C12H24ClNO2S. The van der Waals surface area contributed by atoms with Crippen LogP contribution in [-0.2, 0) is 9.84 Å². The van der Waals surface area contributed by atoms with Gasteiger partial charge in [0.25, 0.3) is 0 Å². The van der Waals surface area contributed by atoms with Crippen LogP contribution in [0.1, 0.15) is 39.0 Å². The first-order valence-corrected chi connectivity index (χ1v) is 8.95. The molecule has 0 atom stereocenters. The SMILES string of the molecule is CC1CCC(CCl)(NCCCS(C)(=O)=O)CC1. The monoisotopic (exact) mass is 281 g/mol. The summed E-state index contributed by atoms with van der Waals surface area (Å²) in [4.78, 5) is 0. The summed E-state index contributed by atoms with van der Waals surface area (Å²) in [5, 5.41) is 3.48. The highest BCUT2D eigenvalue weighted by Crippen LogP contribution is 2.32. The van der Waals surface area contributed by atoms with Crippen molar-refractivity contribution < 1.29 is 8.42 Å². The number of rotatable bonds is 6. The molecular weight excluding hydrogens is 258 g/mol. The highest BCUT2D eigenvalue weighted by molar-refractivity contribution is 7.90. The number of hydrogen-bond acceptors (Lipinski definition) is 3. The van der Waals surface area contributed by atoms with Crippen molar-refractivity contribution in [1.29, 1.82) is 0 Å². The molecule has 1 fully saturated rings. The van der Waals surface area contributed by atoms with Gasteiger partial charge >= 0.3 is 0 Å². The lowest BCUT2D eigenvalue weighted by molar-refractivity contribution is 0.218. The van der Waals surface area contributed by atoms with Crippen molar-refractivity contribution in [2.45, 2.75) is 44.6 Å². The highest BCUT2D eigenvalue weighted by atomic mass is 35.5. The molecule has 0 aromatic rings. The van der Waals surface area contributed by atoms with E-state index in [0.717, 1.165) is 25.3 Å². The molecule has 0 spiro atoms. The normalized spacial score (nSPS) is 30.4. The Morgan fingerprint density at radius 1 is 1.35 bits per heavy atom. The van der Waals surface area contributed by atoms with E-state index in [9.17, 15) is 8.42 Å². The fourth-order valence-electron chi connectivity index (χ4n) is 2.36. The quantitative estimate of drug-likeness (QED) is 0.600. The van der Waals surface area contributed by atoms with Gasteiger partial charge in [-0.2, -0.15) is 0 Å². The summed E-state index contributed by atoms with van der Waals surface area (Å²) in [5.41, 5.74) is 0.0472. The third-order valence-electron chi connectivity index (χ3n) is 3.68. The lowest BCUT2D eigenvalue weighted by atomic mass is 9.78. The third kappa shape index (κ3) is 5.58. The third-order valence-corrected chi connectivity index (χ3v) is 5.22. The molecule has 0 unspecified atom stereocenters. The molecule has 0 heterocycles. The Bertz CT molecular complexity index is 321. The molecule has 1 aliphatic carbocycles. The summed E-state index contributed by atoms with van der Waals surface area (Å²) in [6, 6.07) is 0. The second kappa shape index (κ2) is 6.39. The van der Waals surface area contributed by atoms with E-state index in [1.807, 2.05) is 0 Å². The fraction of sp³-hybridized carbons (Fsp3) is 1.00. The van der Waals surface area contributed by atoms with Crippen LogP contribution in [0.25, 0.3) is 0 Å². The number of hydrogen-bond donors (Lipinski definition) is 1. The first kappa shape index (κ1) is 15.3. The summed E-state index contributed by atoms with van der Waals surface area (Å²) in [5.74, 6) is 1.68. The predicted octanol–water partition coefficient (Wildman–Crippen LogP) is 2.20. The van der Waals surface area contributed by atoms with Crippen LogP contribution < -0.4 is 5.32 Å². The van der Waals surface area contributed by atoms with Crippen molar-refractivity contribution in [2.24, 2.45) is 5.92 Å². The largest absolute Gasteiger partial charge is 0.310 e. The number of sulfone groups is 1. The number of nitrogens with one attached hydrogen (secondary N) is 1. The van der Waals surface area contributed by atoms with Gasteiger partial charge in [0.15, 0.2) is 0 Å². The zero-order valence-electron chi connectivity index (χ0n) is 10.8. The molecule has 1 N–H and O–H groups in total. The molecule has 1 aliphatic rings. The minimum Gasteiger partial charge on any atom is -0.310 e. The van der Waals surface area contributed by atoms with Crippen molar-refractivity contribution >= 4 is 21.4 Å². The van der Waals surface area contributed by atoms with E-state index in [1.165, 1.54) is 19.1 Å². The van der Waals surface area contributed by atoms with Crippen LogP contribution in [0.4, 0.5) is 0 Å².